The fourth-order valence-corrected chi connectivity index (χ4v) is 4.63. The van der Waals surface area contributed by atoms with Crippen molar-refractivity contribution >= 4 is 46.7 Å². The molecule has 2 fully saturated rings. The van der Waals surface area contributed by atoms with Crippen LogP contribution in [0.4, 0.5) is 4.79 Å². The molecule has 0 spiro atoms. The van der Waals surface area contributed by atoms with Crippen molar-refractivity contribution in [2.75, 3.05) is 46.4 Å². The predicted octanol–water partition coefficient (Wildman–Crippen LogP) is 0.496. The summed E-state index contributed by atoms with van der Waals surface area (Å²) in [7, 11) is 1.23. The molecule has 14 nitrogen and oxygen atoms in total. The first-order chi connectivity index (χ1) is 19.6. The minimum atomic E-state index is -1.18. The minimum Gasteiger partial charge on any atom is -0.481 e. The monoisotopic (exact) mass is 569 g/mol. The maximum atomic E-state index is 13.4. The van der Waals surface area contributed by atoms with Crippen LogP contribution in [0, 0.1) is 0 Å². The van der Waals surface area contributed by atoms with Crippen LogP contribution in [0.1, 0.15) is 40.6 Å². The highest BCUT2D eigenvalue weighted by atomic mass is 16.6. The molecule has 0 saturated carbocycles. The minimum absolute atomic E-state index is 0.149. The van der Waals surface area contributed by atoms with Crippen molar-refractivity contribution in [3.63, 3.8) is 0 Å². The van der Waals surface area contributed by atoms with E-state index in [1.165, 1.54) is 27.9 Å². The van der Waals surface area contributed by atoms with E-state index in [0.29, 0.717) is 10.9 Å². The van der Waals surface area contributed by atoms with Crippen molar-refractivity contribution in [3.8, 4) is 0 Å². The summed E-state index contributed by atoms with van der Waals surface area (Å²) in [5.41, 5.74) is 0.350. The van der Waals surface area contributed by atoms with Gasteiger partial charge in [0.15, 0.2) is 0 Å². The lowest BCUT2D eigenvalue weighted by molar-refractivity contribution is -0.141. The number of ether oxygens (including phenoxy) is 2. The smallest absolute Gasteiger partial charge is 0.409 e. The Balaban J connectivity index is 1.53. The number of carbonyl (C=O) groups is 6. The Labute approximate surface area is 235 Å². The van der Waals surface area contributed by atoms with E-state index in [0.717, 1.165) is 0 Å². The molecule has 218 valence electrons. The van der Waals surface area contributed by atoms with Gasteiger partial charge in [-0.15, -0.1) is 0 Å². The van der Waals surface area contributed by atoms with Crippen molar-refractivity contribution < 1.29 is 43.3 Å². The lowest BCUT2D eigenvalue weighted by Gasteiger charge is -2.35. The second kappa shape index (κ2) is 12.6. The van der Waals surface area contributed by atoms with Gasteiger partial charge in [-0.05, 0) is 25.5 Å². The summed E-state index contributed by atoms with van der Waals surface area (Å²) in [6.45, 7) is 2.91. The zero-order valence-corrected chi connectivity index (χ0v) is 22.7. The average Bonchev–Trinajstić information content (AvgIpc) is 3.78. The van der Waals surface area contributed by atoms with Gasteiger partial charge in [-0.2, -0.15) is 0 Å². The van der Waals surface area contributed by atoms with Gasteiger partial charge in [0.1, 0.15) is 17.8 Å². The van der Waals surface area contributed by atoms with E-state index in [1.807, 2.05) is 0 Å². The van der Waals surface area contributed by atoms with Crippen molar-refractivity contribution in [1.82, 2.24) is 25.0 Å². The third-order valence-corrected chi connectivity index (χ3v) is 6.89. The van der Waals surface area contributed by atoms with Gasteiger partial charge < -0.3 is 34.6 Å². The number of carbonyl (C=O) groups excluding carboxylic acids is 5. The molecule has 3 heterocycles. The first-order valence-electron chi connectivity index (χ1n) is 13.2. The van der Waals surface area contributed by atoms with Gasteiger partial charge in [-0.3, -0.25) is 19.2 Å². The molecule has 2 aliphatic rings. The van der Waals surface area contributed by atoms with Gasteiger partial charge in [0.2, 0.25) is 5.91 Å². The molecule has 1 aromatic carbocycles. The highest BCUT2D eigenvalue weighted by Gasteiger charge is 2.46. The van der Waals surface area contributed by atoms with Crippen LogP contribution in [0.3, 0.4) is 0 Å². The number of nitrogens with zero attached hydrogens (tertiary/aromatic N) is 4. The van der Waals surface area contributed by atoms with Crippen LogP contribution in [0.2, 0.25) is 0 Å². The van der Waals surface area contributed by atoms with Gasteiger partial charge in [-0.1, -0.05) is 18.2 Å². The number of benzene rings is 1. The number of esters is 1. The molecule has 14 heteroatoms. The number of rotatable bonds is 9. The van der Waals surface area contributed by atoms with Crippen molar-refractivity contribution in [3.05, 3.63) is 41.6 Å². The molecule has 1 aromatic heterocycles. The molecule has 41 heavy (non-hydrogen) atoms. The number of aromatic nitrogens is 1. The maximum Gasteiger partial charge on any atom is 0.409 e. The van der Waals surface area contributed by atoms with E-state index < -0.39 is 47.8 Å². The topological polar surface area (TPSA) is 176 Å². The fraction of sp³-hybridized carbons (Fsp3) is 0.444. The van der Waals surface area contributed by atoms with E-state index >= 15 is 0 Å². The zero-order chi connectivity index (χ0) is 29.7. The number of carboxylic acids is 1. The molecule has 0 aliphatic carbocycles. The molecular weight excluding hydrogens is 538 g/mol. The second-order valence-electron chi connectivity index (χ2n) is 9.54. The standard InChI is InChI=1S/C27H31N5O9/c1-3-41-27(39)31-12-10-30(11-13-31)25(37)19(8-9-22(33)34)29-23(35)20-14-17(16-6-4-5-7-18(16)28-20)24(36)32-15-21(32)26(38)40-2/h4-7,14,19,21H,3,8-13,15H2,1-2H3,(H,29,35)(H,33,34)/t19?,21-,32?/m0/s1. The van der Waals surface area contributed by atoms with Crippen molar-refractivity contribution in [1.29, 1.82) is 0 Å². The molecule has 4 rings (SSSR count). The highest BCUT2D eigenvalue weighted by Crippen LogP contribution is 2.27. The number of nitrogens with one attached hydrogen (secondary N) is 1. The number of methoxy groups -OCH3 is 1. The summed E-state index contributed by atoms with van der Waals surface area (Å²) in [6, 6.07) is 6.10. The SMILES string of the molecule is CCOC(=O)N1CCN(C(=O)C(CCC(=O)O)NC(=O)c2cc(C(=O)N3C[C@H]3C(=O)OC)c3ccccc3n2)CC1. The zero-order valence-electron chi connectivity index (χ0n) is 22.7. The first-order valence-corrected chi connectivity index (χ1v) is 13.2. The summed E-state index contributed by atoms with van der Waals surface area (Å²) in [6.07, 6.45) is -1.03. The summed E-state index contributed by atoms with van der Waals surface area (Å²) >= 11 is 0. The number of hydrogen-bond donors (Lipinski definition) is 2. The molecule has 2 N–H and O–H groups in total. The average molecular weight is 570 g/mol. The fourth-order valence-electron chi connectivity index (χ4n) is 4.63. The summed E-state index contributed by atoms with van der Waals surface area (Å²) < 4.78 is 9.71. The van der Waals surface area contributed by atoms with Crippen LogP contribution in [0.5, 0.6) is 0 Å². The molecule has 2 atom stereocenters. The quantitative estimate of drug-likeness (QED) is 0.319. The van der Waals surface area contributed by atoms with Gasteiger partial charge >= 0.3 is 18.0 Å². The summed E-state index contributed by atoms with van der Waals surface area (Å²) in [5.74, 6) is -3.43. The molecular formula is C27H31N5O9. The normalized spacial score (nSPS) is 17.0. The van der Waals surface area contributed by atoms with Crippen LogP contribution in [0.25, 0.3) is 10.9 Å². The molecule has 0 bridgehead atoms. The Morgan fingerprint density at radius 2 is 1.76 bits per heavy atom. The highest BCUT2D eigenvalue weighted by molar-refractivity contribution is 6.11. The molecule has 4 amide bonds. The Bertz CT molecular complexity index is 1370. The number of hydrogen-bond acceptors (Lipinski definition) is 9. The van der Waals surface area contributed by atoms with Gasteiger partial charge in [0, 0.05) is 38.0 Å². The van der Waals surface area contributed by atoms with Gasteiger partial charge in [0.25, 0.3) is 11.8 Å². The third kappa shape index (κ3) is 6.70. The maximum absolute atomic E-state index is 13.4. The number of amides is 4. The Morgan fingerprint density at radius 1 is 1.07 bits per heavy atom. The number of carboxylic acid groups (broad SMARTS) is 1. The van der Waals surface area contributed by atoms with Crippen LogP contribution in [-0.4, -0.2) is 119 Å². The largest absolute Gasteiger partial charge is 0.481 e. The Kier molecular flexibility index (Phi) is 9.00. The number of pyridine rings is 1. The van der Waals surface area contributed by atoms with Crippen LogP contribution in [-0.2, 0) is 23.9 Å². The van der Waals surface area contributed by atoms with Crippen molar-refractivity contribution in [2.45, 2.75) is 31.8 Å². The van der Waals surface area contributed by atoms with Gasteiger partial charge in [-0.25, -0.2) is 14.6 Å². The number of para-hydroxylation sites is 1. The van der Waals surface area contributed by atoms with E-state index in [-0.39, 0.29) is 63.4 Å². The molecule has 2 aliphatic heterocycles. The second-order valence-corrected chi connectivity index (χ2v) is 9.54. The van der Waals surface area contributed by atoms with Gasteiger partial charge in [0.05, 0.1) is 31.3 Å². The Hall–Kier alpha value is -4.75. The molecule has 2 saturated heterocycles. The van der Waals surface area contributed by atoms with Crippen LogP contribution >= 0.6 is 0 Å². The molecule has 1 unspecified atom stereocenters. The van der Waals surface area contributed by atoms with Crippen LogP contribution < -0.4 is 5.32 Å². The molecule has 0 radical (unpaired) electrons. The predicted molar refractivity (Wildman–Crippen MR) is 142 cm³/mol. The van der Waals surface area contributed by atoms with E-state index in [2.05, 4.69) is 10.3 Å². The van der Waals surface area contributed by atoms with E-state index in [9.17, 15) is 33.9 Å². The van der Waals surface area contributed by atoms with Crippen LogP contribution in [0.15, 0.2) is 30.3 Å². The summed E-state index contributed by atoms with van der Waals surface area (Å²) in [5, 5.41) is 12.3. The number of aliphatic carboxylic acids is 1. The van der Waals surface area contributed by atoms with E-state index in [4.69, 9.17) is 9.47 Å². The molecule has 2 aromatic rings. The van der Waals surface area contributed by atoms with Crippen molar-refractivity contribution in [2.24, 2.45) is 0 Å². The number of piperazine rings is 1. The summed E-state index contributed by atoms with van der Waals surface area (Å²) in [4.78, 5) is 83.7. The Morgan fingerprint density at radius 3 is 2.41 bits per heavy atom. The lowest BCUT2D eigenvalue weighted by Crippen LogP contribution is -2.56. The van der Waals surface area contributed by atoms with E-state index in [1.54, 1.807) is 31.2 Å². The third-order valence-electron chi connectivity index (χ3n) is 6.89. The number of fused-ring (bicyclic) bond motifs is 1. The lowest BCUT2D eigenvalue weighted by atomic mass is 10.1. The first kappa shape index (κ1) is 29.2.